The average molecular weight is 368 g/mol. The zero-order chi connectivity index (χ0) is 18.4. The summed E-state index contributed by atoms with van der Waals surface area (Å²) in [5.74, 6) is 0.0463. The molecular formula is C19H20N4O2S. The molecule has 7 heteroatoms. The summed E-state index contributed by atoms with van der Waals surface area (Å²) in [6.45, 7) is 3.60. The minimum Gasteiger partial charge on any atom is -0.335 e. The lowest BCUT2D eigenvalue weighted by Crippen LogP contribution is -2.49. The highest BCUT2D eigenvalue weighted by Crippen LogP contribution is 2.14. The van der Waals surface area contributed by atoms with Gasteiger partial charge >= 0.3 is 0 Å². The Hall–Kier alpha value is -2.69. The highest BCUT2D eigenvalue weighted by atomic mass is 32.1. The average Bonchev–Trinajstić information content (AvgIpc) is 3.21. The molecule has 0 aliphatic carbocycles. The van der Waals surface area contributed by atoms with Crippen LogP contribution in [-0.2, 0) is 4.79 Å². The van der Waals surface area contributed by atoms with Crippen molar-refractivity contribution in [3.8, 4) is 6.07 Å². The Morgan fingerprint density at radius 2 is 1.85 bits per heavy atom. The summed E-state index contributed by atoms with van der Waals surface area (Å²) < 4.78 is 0. The fourth-order valence-corrected chi connectivity index (χ4v) is 3.53. The SMILES string of the molecule is N#Cc1ccc(NC(=O)CCN2CCN(C(=O)c3cccs3)CC2)cc1. The molecule has 2 aromatic rings. The molecule has 1 aromatic carbocycles. The maximum absolute atomic E-state index is 12.3. The molecule has 134 valence electrons. The Morgan fingerprint density at radius 1 is 1.12 bits per heavy atom. The Kier molecular flexibility index (Phi) is 6.00. The number of carbonyl (C=O) groups excluding carboxylic acids is 2. The first-order valence-electron chi connectivity index (χ1n) is 8.51. The highest BCUT2D eigenvalue weighted by Gasteiger charge is 2.22. The van der Waals surface area contributed by atoms with Crippen LogP contribution in [0.25, 0.3) is 0 Å². The maximum atomic E-state index is 12.3. The minimum absolute atomic E-state index is 0.0493. The number of hydrogen-bond donors (Lipinski definition) is 1. The molecule has 1 aliphatic heterocycles. The largest absolute Gasteiger partial charge is 0.335 e. The van der Waals surface area contributed by atoms with Gasteiger partial charge in [-0.2, -0.15) is 5.26 Å². The first-order chi connectivity index (χ1) is 12.7. The maximum Gasteiger partial charge on any atom is 0.264 e. The van der Waals surface area contributed by atoms with E-state index in [1.165, 1.54) is 11.3 Å². The van der Waals surface area contributed by atoms with Crippen molar-refractivity contribution in [1.29, 1.82) is 5.26 Å². The number of benzene rings is 1. The smallest absolute Gasteiger partial charge is 0.264 e. The second kappa shape index (κ2) is 8.61. The fourth-order valence-electron chi connectivity index (χ4n) is 2.84. The second-order valence-electron chi connectivity index (χ2n) is 6.10. The molecule has 1 fully saturated rings. The van der Waals surface area contributed by atoms with Crippen molar-refractivity contribution in [1.82, 2.24) is 9.80 Å². The number of anilines is 1. The van der Waals surface area contributed by atoms with Gasteiger partial charge in [-0.05, 0) is 35.7 Å². The summed E-state index contributed by atoms with van der Waals surface area (Å²) in [7, 11) is 0. The quantitative estimate of drug-likeness (QED) is 0.879. The standard InChI is InChI=1S/C19H20N4O2S/c20-14-15-3-5-16(6-4-15)21-18(24)7-8-22-9-11-23(12-10-22)19(25)17-2-1-13-26-17/h1-6,13H,7-12H2,(H,21,24). The molecule has 1 aliphatic rings. The lowest BCUT2D eigenvalue weighted by molar-refractivity contribution is -0.116. The predicted octanol–water partition coefficient (Wildman–Crippen LogP) is 2.41. The monoisotopic (exact) mass is 368 g/mol. The molecule has 2 amide bonds. The molecule has 3 rings (SSSR count). The van der Waals surface area contributed by atoms with Crippen molar-refractivity contribution in [3.63, 3.8) is 0 Å². The van der Waals surface area contributed by atoms with Crippen LogP contribution in [0, 0.1) is 11.3 Å². The molecule has 0 spiro atoms. The number of hydrogen-bond acceptors (Lipinski definition) is 5. The van der Waals surface area contributed by atoms with E-state index < -0.39 is 0 Å². The molecule has 0 saturated carbocycles. The van der Waals surface area contributed by atoms with Gasteiger partial charge in [0, 0.05) is 44.8 Å². The molecule has 0 radical (unpaired) electrons. The number of nitrogens with one attached hydrogen (secondary N) is 1. The molecule has 1 N–H and O–H groups in total. The number of nitrogens with zero attached hydrogens (tertiary/aromatic N) is 3. The number of amides is 2. The third-order valence-corrected chi connectivity index (χ3v) is 5.20. The van der Waals surface area contributed by atoms with Gasteiger partial charge in [0.2, 0.25) is 5.91 Å². The molecule has 1 saturated heterocycles. The number of thiophene rings is 1. The van der Waals surface area contributed by atoms with Crippen LogP contribution >= 0.6 is 11.3 Å². The van der Waals surface area contributed by atoms with Gasteiger partial charge in [0.05, 0.1) is 16.5 Å². The van der Waals surface area contributed by atoms with Gasteiger partial charge in [0.1, 0.15) is 0 Å². The Labute approximate surface area is 156 Å². The van der Waals surface area contributed by atoms with Crippen LogP contribution in [0.3, 0.4) is 0 Å². The highest BCUT2D eigenvalue weighted by molar-refractivity contribution is 7.12. The van der Waals surface area contributed by atoms with Crippen molar-refractivity contribution in [3.05, 3.63) is 52.2 Å². The molecule has 2 heterocycles. The van der Waals surface area contributed by atoms with Crippen molar-refractivity contribution in [2.24, 2.45) is 0 Å². The third kappa shape index (κ3) is 4.69. The normalized spacial score (nSPS) is 14.7. The van der Waals surface area contributed by atoms with Crippen LogP contribution in [0.5, 0.6) is 0 Å². The molecular weight excluding hydrogens is 348 g/mol. The number of piperazine rings is 1. The van der Waals surface area contributed by atoms with Gasteiger partial charge in [0.25, 0.3) is 5.91 Å². The van der Waals surface area contributed by atoms with Crippen molar-refractivity contribution < 1.29 is 9.59 Å². The third-order valence-electron chi connectivity index (χ3n) is 4.34. The molecule has 0 unspecified atom stereocenters. The van der Waals surface area contributed by atoms with Gasteiger partial charge in [-0.1, -0.05) is 6.07 Å². The van der Waals surface area contributed by atoms with Gasteiger partial charge in [-0.3, -0.25) is 14.5 Å². The molecule has 0 bridgehead atoms. The lowest BCUT2D eigenvalue weighted by atomic mass is 10.2. The number of nitriles is 1. The summed E-state index contributed by atoms with van der Waals surface area (Å²) >= 11 is 1.47. The number of rotatable bonds is 5. The first kappa shape index (κ1) is 18.1. The van der Waals surface area contributed by atoms with Gasteiger partial charge in [0.15, 0.2) is 0 Å². The van der Waals surface area contributed by atoms with E-state index in [0.717, 1.165) is 18.0 Å². The lowest BCUT2D eigenvalue weighted by Gasteiger charge is -2.34. The first-order valence-corrected chi connectivity index (χ1v) is 9.39. The Bertz CT molecular complexity index is 788. The van der Waals surface area contributed by atoms with E-state index in [1.54, 1.807) is 24.3 Å². The summed E-state index contributed by atoms with van der Waals surface area (Å²) in [5, 5.41) is 13.5. The Balaban J connectivity index is 1.40. The minimum atomic E-state index is -0.0493. The molecule has 1 aromatic heterocycles. The molecule has 6 nitrogen and oxygen atoms in total. The van der Waals surface area contributed by atoms with E-state index in [9.17, 15) is 9.59 Å². The number of carbonyl (C=O) groups is 2. The zero-order valence-corrected chi connectivity index (χ0v) is 15.2. The van der Waals surface area contributed by atoms with Crippen molar-refractivity contribution in [2.75, 3.05) is 38.0 Å². The predicted molar refractivity (Wildman–Crippen MR) is 101 cm³/mol. The second-order valence-corrected chi connectivity index (χ2v) is 7.05. The fraction of sp³-hybridized carbons (Fsp3) is 0.316. The van der Waals surface area contributed by atoms with Gasteiger partial charge in [-0.15, -0.1) is 11.3 Å². The summed E-state index contributed by atoms with van der Waals surface area (Å²) in [5.41, 5.74) is 1.26. The van der Waals surface area contributed by atoms with Crippen molar-refractivity contribution in [2.45, 2.75) is 6.42 Å². The van der Waals surface area contributed by atoms with Gasteiger partial charge < -0.3 is 10.2 Å². The summed E-state index contributed by atoms with van der Waals surface area (Å²) in [6.07, 6.45) is 0.402. The Morgan fingerprint density at radius 3 is 2.46 bits per heavy atom. The van der Waals surface area contributed by atoms with Gasteiger partial charge in [-0.25, -0.2) is 0 Å². The zero-order valence-electron chi connectivity index (χ0n) is 14.4. The van der Waals surface area contributed by atoms with Crippen molar-refractivity contribution >= 4 is 28.8 Å². The molecule has 26 heavy (non-hydrogen) atoms. The topological polar surface area (TPSA) is 76.4 Å². The van der Waals surface area contributed by atoms with Crippen LogP contribution in [0.1, 0.15) is 21.7 Å². The van der Waals surface area contributed by atoms with Crippen LogP contribution in [-0.4, -0.2) is 54.3 Å². The van der Waals surface area contributed by atoms with E-state index in [1.807, 2.05) is 28.5 Å². The van der Waals surface area contributed by atoms with E-state index in [2.05, 4.69) is 10.2 Å². The molecule has 0 atom stereocenters. The summed E-state index contributed by atoms with van der Waals surface area (Å²) in [4.78, 5) is 29.2. The van der Waals surface area contributed by atoms with E-state index in [0.29, 0.717) is 37.3 Å². The van der Waals surface area contributed by atoms with Crippen LogP contribution in [0.2, 0.25) is 0 Å². The van der Waals surface area contributed by atoms with E-state index in [4.69, 9.17) is 5.26 Å². The van der Waals surface area contributed by atoms with Crippen LogP contribution in [0.4, 0.5) is 5.69 Å². The van der Waals surface area contributed by atoms with Crippen LogP contribution in [0.15, 0.2) is 41.8 Å². The van der Waals surface area contributed by atoms with E-state index >= 15 is 0 Å². The van der Waals surface area contributed by atoms with Crippen LogP contribution < -0.4 is 5.32 Å². The summed E-state index contributed by atoms with van der Waals surface area (Å²) in [6, 6.07) is 12.6. The van der Waals surface area contributed by atoms with E-state index in [-0.39, 0.29) is 11.8 Å².